The molecule has 0 aliphatic rings. The van der Waals surface area contributed by atoms with Crippen LogP contribution < -0.4 is 5.32 Å². The summed E-state index contributed by atoms with van der Waals surface area (Å²) >= 11 is 6.14. The fourth-order valence-electron chi connectivity index (χ4n) is 1.99. The predicted molar refractivity (Wildman–Crippen MR) is 79.2 cm³/mol. The molecule has 2 aromatic rings. The van der Waals surface area contributed by atoms with E-state index in [0.29, 0.717) is 6.54 Å². The Hall–Kier alpha value is -1.35. The minimum Gasteiger partial charge on any atom is -0.394 e. The lowest BCUT2D eigenvalue weighted by Crippen LogP contribution is -2.42. The molecule has 0 aromatic heterocycles. The summed E-state index contributed by atoms with van der Waals surface area (Å²) in [5.41, 5.74) is 1.62. The van der Waals surface area contributed by atoms with Gasteiger partial charge in [-0.2, -0.15) is 0 Å². The summed E-state index contributed by atoms with van der Waals surface area (Å²) in [4.78, 5) is 0. The topological polar surface area (TPSA) is 32.3 Å². The maximum absolute atomic E-state index is 9.69. The first kappa shape index (κ1) is 14.1. The third kappa shape index (κ3) is 3.35. The van der Waals surface area contributed by atoms with Crippen LogP contribution in [0, 0.1) is 0 Å². The van der Waals surface area contributed by atoms with Crippen molar-refractivity contribution in [2.45, 2.75) is 19.0 Å². The molecule has 19 heavy (non-hydrogen) atoms. The van der Waals surface area contributed by atoms with Crippen molar-refractivity contribution < 1.29 is 5.11 Å². The van der Waals surface area contributed by atoms with Gasteiger partial charge < -0.3 is 10.4 Å². The lowest BCUT2D eigenvalue weighted by molar-refractivity contribution is 0.173. The Labute approximate surface area is 119 Å². The highest BCUT2D eigenvalue weighted by atomic mass is 35.5. The molecule has 0 saturated carbocycles. The Kier molecular flexibility index (Phi) is 4.59. The van der Waals surface area contributed by atoms with Crippen LogP contribution in [0.15, 0.2) is 54.6 Å². The fraction of sp³-hybridized carbons (Fsp3) is 0.250. The van der Waals surface area contributed by atoms with Gasteiger partial charge in [-0.1, -0.05) is 60.1 Å². The molecular formula is C16H18ClNO. The Morgan fingerprint density at radius 2 is 1.68 bits per heavy atom. The number of aliphatic hydroxyl groups excluding tert-OH is 1. The van der Waals surface area contributed by atoms with Crippen molar-refractivity contribution in [3.8, 4) is 0 Å². The van der Waals surface area contributed by atoms with Crippen molar-refractivity contribution >= 4 is 11.6 Å². The van der Waals surface area contributed by atoms with Gasteiger partial charge in [0.15, 0.2) is 0 Å². The molecule has 0 heterocycles. The molecule has 2 aromatic carbocycles. The highest BCUT2D eigenvalue weighted by molar-refractivity contribution is 6.31. The van der Waals surface area contributed by atoms with Gasteiger partial charge in [-0.25, -0.2) is 0 Å². The van der Waals surface area contributed by atoms with Crippen LogP contribution in [-0.4, -0.2) is 11.7 Å². The van der Waals surface area contributed by atoms with Crippen molar-refractivity contribution in [1.82, 2.24) is 5.32 Å². The summed E-state index contributed by atoms with van der Waals surface area (Å²) in [6.07, 6.45) is 0. The van der Waals surface area contributed by atoms with Gasteiger partial charge in [0.2, 0.25) is 0 Å². The highest BCUT2D eigenvalue weighted by Crippen LogP contribution is 2.22. The van der Waals surface area contributed by atoms with E-state index in [-0.39, 0.29) is 6.61 Å². The first-order chi connectivity index (χ1) is 9.15. The van der Waals surface area contributed by atoms with E-state index in [2.05, 4.69) is 5.32 Å². The van der Waals surface area contributed by atoms with Crippen LogP contribution in [0.3, 0.4) is 0 Å². The second-order valence-electron chi connectivity index (χ2n) is 4.80. The predicted octanol–water partition coefficient (Wildman–Crippen LogP) is 3.34. The van der Waals surface area contributed by atoms with Crippen LogP contribution in [0.2, 0.25) is 5.02 Å². The van der Waals surface area contributed by atoms with Gasteiger partial charge in [0.25, 0.3) is 0 Å². The molecule has 2 N–H and O–H groups in total. The molecule has 0 fully saturated rings. The first-order valence-corrected chi connectivity index (χ1v) is 6.68. The zero-order chi connectivity index (χ0) is 13.7. The van der Waals surface area contributed by atoms with Crippen LogP contribution in [0.5, 0.6) is 0 Å². The van der Waals surface area contributed by atoms with Gasteiger partial charge in [0.05, 0.1) is 12.1 Å². The number of hydrogen-bond acceptors (Lipinski definition) is 2. The Bertz CT molecular complexity index is 529. The second-order valence-corrected chi connectivity index (χ2v) is 5.21. The van der Waals surface area contributed by atoms with E-state index in [9.17, 15) is 5.11 Å². The molecule has 100 valence electrons. The van der Waals surface area contributed by atoms with Crippen LogP contribution >= 0.6 is 11.6 Å². The summed E-state index contributed by atoms with van der Waals surface area (Å²) < 4.78 is 0. The standard InChI is InChI=1S/C16H18ClNO/c1-16(12-19,14-8-3-2-4-9-14)18-11-13-7-5-6-10-15(13)17/h2-10,18-19H,11-12H2,1H3. The zero-order valence-corrected chi connectivity index (χ0v) is 11.7. The Morgan fingerprint density at radius 3 is 2.32 bits per heavy atom. The maximum atomic E-state index is 9.69. The minimum absolute atomic E-state index is 0.0292. The third-order valence-electron chi connectivity index (χ3n) is 3.35. The number of nitrogens with one attached hydrogen (secondary N) is 1. The largest absolute Gasteiger partial charge is 0.394 e. The van der Waals surface area contributed by atoms with E-state index >= 15 is 0 Å². The van der Waals surface area contributed by atoms with E-state index in [1.165, 1.54) is 0 Å². The van der Waals surface area contributed by atoms with Crippen molar-refractivity contribution in [2.24, 2.45) is 0 Å². The van der Waals surface area contributed by atoms with E-state index in [0.717, 1.165) is 16.1 Å². The third-order valence-corrected chi connectivity index (χ3v) is 3.72. The van der Waals surface area contributed by atoms with E-state index in [1.807, 2.05) is 61.5 Å². The van der Waals surface area contributed by atoms with Gasteiger partial charge in [-0.15, -0.1) is 0 Å². The first-order valence-electron chi connectivity index (χ1n) is 6.30. The van der Waals surface area contributed by atoms with Crippen molar-refractivity contribution in [1.29, 1.82) is 0 Å². The van der Waals surface area contributed by atoms with Gasteiger partial charge in [-0.05, 0) is 24.1 Å². The molecule has 0 amide bonds. The normalized spacial score (nSPS) is 14.1. The number of benzene rings is 2. The van der Waals surface area contributed by atoms with Gasteiger partial charge >= 0.3 is 0 Å². The number of rotatable bonds is 5. The Balaban J connectivity index is 2.14. The van der Waals surface area contributed by atoms with Crippen LogP contribution in [0.1, 0.15) is 18.1 Å². The van der Waals surface area contributed by atoms with E-state index < -0.39 is 5.54 Å². The summed E-state index contributed by atoms with van der Waals surface area (Å²) in [7, 11) is 0. The quantitative estimate of drug-likeness (QED) is 0.877. The maximum Gasteiger partial charge on any atom is 0.0652 e. The van der Waals surface area contributed by atoms with Gasteiger partial charge in [0.1, 0.15) is 0 Å². The van der Waals surface area contributed by atoms with Gasteiger partial charge in [0, 0.05) is 11.6 Å². The molecular weight excluding hydrogens is 258 g/mol. The van der Waals surface area contributed by atoms with Crippen LogP contribution in [0.4, 0.5) is 0 Å². The molecule has 2 nitrogen and oxygen atoms in total. The summed E-state index contributed by atoms with van der Waals surface area (Å²) in [5, 5.41) is 13.8. The van der Waals surface area contributed by atoms with Crippen molar-refractivity contribution in [2.75, 3.05) is 6.61 Å². The van der Waals surface area contributed by atoms with E-state index in [1.54, 1.807) is 0 Å². The SMILES string of the molecule is CC(CO)(NCc1ccccc1Cl)c1ccccc1. The molecule has 3 heteroatoms. The summed E-state index contributed by atoms with van der Waals surface area (Å²) in [6.45, 7) is 2.63. The monoisotopic (exact) mass is 275 g/mol. The smallest absolute Gasteiger partial charge is 0.0652 e. The lowest BCUT2D eigenvalue weighted by Gasteiger charge is -2.29. The average Bonchev–Trinajstić information content (AvgIpc) is 2.47. The molecule has 1 unspecified atom stereocenters. The van der Waals surface area contributed by atoms with Crippen LogP contribution in [0.25, 0.3) is 0 Å². The van der Waals surface area contributed by atoms with E-state index in [4.69, 9.17) is 11.6 Å². The lowest BCUT2D eigenvalue weighted by atomic mass is 9.92. The Morgan fingerprint density at radius 1 is 1.05 bits per heavy atom. The zero-order valence-electron chi connectivity index (χ0n) is 10.9. The second kappa shape index (κ2) is 6.20. The fourth-order valence-corrected chi connectivity index (χ4v) is 2.19. The van der Waals surface area contributed by atoms with Gasteiger partial charge in [-0.3, -0.25) is 0 Å². The minimum atomic E-state index is -0.472. The van der Waals surface area contributed by atoms with Crippen molar-refractivity contribution in [3.63, 3.8) is 0 Å². The number of hydrogen-bond donors (Lipinski definition) is 2. The molecule has 2 rings (SSSR count). The summed E-state index contributed by atoms with van der Waals surface area (Å²) in [6, 6.07) is 17.7. The molecule has 0 spiro atoms. The van der Waals surface area contributed by atoms with Crippen molar-refractivity contribution in [3.05, 3.63) is 70.7 Å². The molecule has 0 radical (unpaired) electrons. The summed E-state index contributed by atoms with van der Waals surface area (Å²) in [5.74, 6) is 0. The molecule has 1 atom stereocenters. The molecule has 0 aliphatic carbocycles. The molecule has 0 bridgehead atoms. The number of aliphatic hydroxyl groups is 1. The molecule has 0 saturated heterocycles. The number of halogens is 1. The average molecular weight is 276 g/mol. The van der Waals surface area contributed by atoms with Crippen LogP contribution in [-0.2, 0) is 12.1 Å². The molecule has 0 aliphatic heterocycles. The highest BCUT2D eigenvalue weighted by Gasteiger charge is 2.24.